The number of carbonyl (C=O) groups is 1. The lowest BCUT2D eigenvalue weighted by Crippen LogP contribution is -2.45. The van der Waals surface area contributed by atoms with Crippen molar-refractivity contribution in [3.05, 3.63) is 39.1 Å². The van der Waals surface area contributed by atoms with Crippen LogP contribution in [0.3, 0.4) is 0 Å². The molecule has 2 aliphatic rings. The van der Waals surface area contributed by atoms with Crippen LogP contribution in [0.25, 0.3) is 11.7 Å². The fraction of sp³-hybridized carbons (Fsp3) is 0.389. The molecule has 5 rings (SSSR count). The molecule has 12 nitrogen and oxygen atoms in total. The maximum absolute atomic E-state index is 12.6. The van der Waals surface area contributed by atoms with Gasteiger partial charge in [0.05, 0.1) is 18.8 Å². The van der Waals surface area contributed by atoms with Crippen LogP contribution in [0.4, 0.5) is 5.82 Å². The molecular weight excluding hydrogens is 392 g/mol. The molecule has 12 heteroatoms. The Hall–Kier alpha value is -3.51. The van der Waals surface area contributed by atoms with Gasteiger partial charge in [-0.1, -0.05) is 0 Å². The van der Waals surface area contributed by atoms with E-state index in [0.717, 1.165) is 12.8 Å². The van der Waals surface area contributed by atoms with Crippen LogP contribution in [-0.2, 0) is 9.53 Å². The van der Waals surface area contributed by atoms with Gasteiger partial charge in [0.25, 0.3) is 5.91 Å². The number of rotatable bonds is 4. The number of fused-ring (bicyclic) bond motifs is 1. The van der Waals surface area contributed by atoms with Crippen LogP contribution in [0.5, 0.6) is 5.88 Å². The molecule has 0 aromatic carbocycles. The highest BCUT2D eigenvalue weighted by Gasteiger charge is 2.23. The van der Waals surface area contributed by atoms with Gasteiger partial charge in [-0.05, 0) is 18.9 Å². The first-order chi connectivity index (χ1) is 14.6. The van der Waals surface area contributed by atoms with Crippen molar-refractivity contribution in [2.45, 2.75) is 25.0 Å². The summed E-state index contributed by atoms with van der Waals surface area (Å²) in [7, 11) is 0. The van der Waals surface area contributed by atoms with Crippen LogP contribution in [0.1, 0.15) is 18.5 Å². The Balaban J connectivity index is 1.58. The molecule has 1 aliphatic heterocycles. The van der Waals surface area contributed by atoms with Crippen LogP contribution in [0.15, 0.2) is 22.1 Å². The number of hydrogen-bond donors (Lipinski definition) is 5. The third kappa shape index (κ3) is 3.69. The standard InChI is InChI=1S/C18H20N8O4/c27-16-11(22-18(29)25-16)5-9-7-20-26-14(21-10-1-2-10)6-13(23-15(9)26)24-17(28)12-8-19-3-4-30-12/h5-7,10,12,19,27H,1-4,8H2,(H,24,28)(H2,22,25,29)/b9-5+,21-14?. The Labute approximate surface area is 168 Å². The van der Waals surface area contributed by atoms with E-state index in [1.807, 2.05) is 0 Å². The molecule has 3 aromatic heterocycles. The third-order valence-corrected chi connectivity index (χ3v) is 4.85. The van der Waals surface area contributed by atoms with Crippen molar-refractivity contribution < 1.29 is 14.6 Å². The number of amides is 1. The summed E-state index contributed by atoms with van der Waals surface area (Å²) in [5.74, 6) is -0.259. The first-order valence-corrected chi connectivity index (χ1v) is 9.65. The number of aromatic nitrogens is 5. The summed E-state index contributed by atoms with van der Waals surface area (Å²) >= 11 is 0. The Morgan fingerprint density at radius 3 is 2.97 bits per heavy atom. The number of morpholine rings is 1. The second-order valence-corrected chi connectivity index (χ2v) is 7.23. The van der Waals surface area contributed by atoms with Crippen molar-refractivity contribution in [2.24, 2.45) is 4.99 Å². The van der Waals surface area contributed by atoms with Crippen molar-refractivity contribution in [3.63, 3.8) is 0 Å². The predicted molar refractivity (Wildman–Crippen MR) is 105 cm³/mol. The third-order valence-electron chi connectivity index (χ3n) is 4.85. The molecule has 2 fully saturated rings. The molecule has 30 heavy (non-hydrogen) atoms. The molecule has 5 N–H and O–H groups in total. The summed E-state index contributed by atoms with van der Waals surface area (Å²) in [5.41, 5.74) is 0.665. The van der Waals surface area contributed by atoms with E-state index in [4.69, 9.17) is 4.74 Å². The smallest absolute Gasteiger partial charge is 0.326 e. The average Bonchev–Trinajstić information content (AvgIpc) is 3.37. The van der Waals surface area contributed by atoms with Crippen LogP contribution in [0, 0.1) is 0 Å². The van der Waals surface area contributed by atoms with E-state index in [1.165, 1.54) is 0 Å². The summed E-state index contributed by atoms with van der Waals surface area (Å²) in [6, 6.07) is 1.90. The summed E-state index contributed by atoms with van der Waals surface area (Å²) < 4.78 is 7.06. The highest BCUT2D eigenvalue weighted by molar-refractivity contribution is 5.93. The lowest BCUT2D eigenvalue weighted by Gasteiger charge is -2.22. The minimum atomic E-state index is -0.599. The number of nitrogens with zero attached hydrogens (tertiary/aromatic N) is 4. The predicted octanol–water partition coefficient (Wildman–Crippen LogP) is -2.01. The van der Waals surface area contributed by atoms with Crippen LogP contribution < -0.4 is 27.0 Å². The average molecular weight is 412 g/mol. The number of imidazole rings is 1. The van der Waals surface area contributed by atoms with Gasteiger partial charge >= 0.3 is 5.69 Å². The van der Waals surface area contributed by atoms with E-state index in [9.17, 15) is 14.7 Å². The molecule has 1 saturated heterocycles. The zero-order chi connectivity index (χ0) is 20.7. The Bertz CT molecular complexity index is 1280. The highest BCUT2D eigenvalue weighted by atomic mass is 16.5. The number of anilines is 1. The largest absolute Gasteiger partial charge is 0.493 e. The first-order valence-electron chi connectivity index (χ1n) is 9.65. The lowest BCUT2D eigenvalue weighted by atomic mass is 10.3. The number of nitrogens with one attached hydrogen (secondary N) is 4. The lowest BCUT2D eigenvalue weighted by molar-refractivity contribution is -0.128. The summed E-state index contributed by atoms with van der Waals surface area (Å²) in [5, 5.41) is 20.6. The number of ether oxygens (including phenoxy) is 1. The molecule has 0 bridgehead atoms. The van der Waals surface area contributed by atoms with Gasteiger partial charge in [-0.3, -0.25) is 14.8 Å². The van der Waals surface area contributed by atoms with Gasteiger partial charge in [0.15, 0.2) is 11.1 Å². The number of aromatic hydroxyl groups is 1. The fourth-order valence-corrected chi connectivity index (χ4v) is 3.20. The maximum Gasteiger partial charge on any atom is 0.326 e. The highest BCUT2D eigenvalue weighted by Crippen LogP contribution is 2.22. The van der Waals surface area contributed by atoms with E-state index in [1.54, 1.807) is 22.9 Å². The SMILES string of the molecule is O=C(Nc1cc(=NC2CC2)n2nc/c(=C\c3[nH]c(=O)[nH]c3O)c2n1)C1CNCCO1. The molecule has 4 heterocycles. The zero-order valence-corrected chi connectivity index (χ0v) is 15.9. The van der Waals surface area contributed by atoms with Gasteiger partial charge in [0.1, 0.15) is 17.6 Å². The first kappa shape index (κ1) is 18.5. The van der Waals surface area contributed by atoms with Crippen molar-refractivity contribution in [3.8, 4) is 5.88 Å². The number of H-pyrrole nitrogens is 2. The van der Waals surface area contributed by atoms with Crippen LogP contribution in [0.2, 0.25) is 0 Å². The van der Waals surface area contributed by atoms with Gasteiger partial charge in [-0.15, -0.1) is 0 Å². The molecule has 3 aromatic rings. The molecular formula is C18H20N8O4. The number of hydrogen-bond acceptors (Lipinski definition) is 8. The number of carbonyl (C=O) groups excluding carboxylic acids is 1. The monoisotopic (exact) mass is 412 g/mol. The Morgan fingerprint density at radius 1 is 1.40 bits per heavy atom. The van der Waals surface area contributed by atoms with E-state index >= 15 is 0 Å². The minimum absolute atomic E-state index is 0.202. The molecule has 1 saturated carbocycles. The summed E-state index contributed by atoms with van der Waals surface area (Å²) in [6.07, 6.45) is 4.51. The fourth-order valence-electron chi connectivity index (χ4n) is 3.20. The van der Waals surface area contributed by atoms with Crippen molar-refractivity contribution in [2.75, 3.05) is 25.0 Å². The van der Waals surface area contributed by atoms with E-state index in [2.05, 4.69) is 35.7 Å². The Morgan fingerprint density at radius 2 is 2.27 bits per heavy atom. The van der Waals surface area contributed by atoms with Crippen LogP contribution >= 0.6 is 0 Å². The zero-order valence-electron chi connectivity index (χ0n) is 15.9. The molecule has 1 aliphatic carbocycles. The summed E-state index contributed by atoms with van der Waals surface area (Å²) in [4.78, 5) is 37.9. The van der Waals surface area contributed by atoms with E-state index in [0.29, 0.717) is 41.9 Å². The molecule has 1 atom stereocenters. The quantitative estimate of drug-likeness (QED) is 0.331. The molecule has 1 unspecified atom stereocenters. The van der Waals surface area contributed by atoms with Crippen molar-refractivity contribution >= 4 is 23.4 Å². The van der Waals surface area contributed by atoms with Gasteiger partial charge < -0.3 is 25.5 Å². The second-order valence-electron chi connectivity index (χ2n) is 7.23. The van der Waals surface area contributed by atoms with Crippen molar-refractivity contribution in [1.29, 1.82) is 0 Å². The minimum Gasteiger partial charge on any atom is -0.493 e. The maximum atomic E-state index is 12.6. The van der Waals surface area contributed by atoms with Gasteiger partial charge in [0, 0.05) is 24.4 Å². The van der Waals surface area contributed by atoms with Crippen molar-refractivity contribution in [1.82, 2.24) is 29.9 Å². The molecule has 0 radical (unpaired) electrons. The topological polar surface area (TPSA) is 162 Å². The van der Waals surface area contributed by atoms with Crippen LogP contribution in [-0.4, -0.2) is 67.4 Å². The number of aromatic amines is 2. The van der Waals surface area contributed by atoms with Gasteiger partial charge in [-0.25, -0.2) is 9.78 Å². The summed E-state index contributed by atoms with van der Waals surface area (Å²) in [6.45, 7) is 1.60. The van der Waals surface area contributed by atoms with Gasteiger partial charge in [0.2, 0.25) is 5.88 Å². The van der Waals surface area contributed by atoms with E-state index in [-0.39, 0.29) is 23.5 Å². The van der Waals surface area contributed by atoms with Gasteiger partial charge in [-0.2, -0.15) is 9.61 Å². The molecule has 156 valence electrons. The molecule has 0 spiro atoms. The normalized spacial score (nSPS) is 20.7. The Kier molecular flexibility index (Phi) is 4.56. The van der Waals surface area contributed by atoms with E-state index < -0.39 is 11.8 Å². The second kappa shape index (κ2) is 7.39. The molecule has 1 amide bonds.